The number of nitrogens with zero attached hydrogens (tertiary/aromatic N) is 2. The van der Waals surface area contributed by atoms with Crippen LogP contribution in [0.15, 0.2) is 52.6 Å². The number of sulfonamides is 1. The molecule has 0 saturated carbocycles. The fraction of sp³-hybridized carbons (Fsp3) is 0. The van der Waals surface area contributed by atoms with Crippen LogP contribution in [0.5, 0.6) is 0 Å². The van der Waals surface area contributed by atoms with E-state index < -0.39 is 15.9 Å². The molecule has 1 aromatic carbocycles. The normalized spacial score (nSPS) is 11.5. The summed E-state index contributed by atoms with van der Waals surface area (Å²) in [6.07, 6.45) is 2.94. The van der Waals surface area contributed by atoms with E-state index in [1.165, 1.54) is 18.3 Å². The molecule has 1 heterocycles. The van der Waals surface area contributed by atoms with Gasteiger partial charge in [0.15, 0.2) is 0 Å². The zero-order chi connectivity index (χ0) is 16.2. The molecule has 0 bridgehead atoms. The Labute approximate surface area is 131 Å². The van der Waals surface area contributed by atoms with Crippen LogP contribution in [0, 0.1) is 0 Å². The number of hydrazone groups is 1. The minimum absolute atomic E-state index is 0.0592. The number of halogens is 1. The van der Waals surface area contributed by atoms with Gasteiger partial charge in [-0.05, 0) is 30.3 Å². The standard InChI is InChI=1S/C13H11ClN4O3S/c14-11-5-4-9(7-12(11)22(15,20)21)13(19)18-17-8-10-3-1-2-6-16-10/h1-8H,(H,18,19)(H2,15,20,21)/b17-8-. The number of nitrogens with one attached hydrogen (secondary N) is 1. The number of aromatic nitrogens is 1. The fourth-order valence-electron chi connectivity index (χ4n) is 1.54. The van der Waals surface area contributed by atoms with E-state index in [1.54, 1.807) is 24.4 Å². The van der Waals surface area contributed by atoms with Gasteiger partial charge in [-0.15, -0.1) is 0 Å². The summed E-state index contributed by atoms with van der Waals surface area (Å²) >= 11 is 5.74. The second-order valence-electron chi connectivity index (χ2n) is 4.14. The van der Waals surface area contributed by atoms with Gasteiger partial charge in [-0.25, -0.2) is 19.0 Å². The van der Waals surface area contributed by atoms with Gasteiger partial charge in [0.2, 0.25) is 10.0 Å². The van der Waals surface area contributed by atoms with Crippen molar-refractivity contribution in [1.29, 1.82) is 0 Å². The predicted octanol–water partition coefficient (Wildman–Crippen LogP) is 1.15. The van der Waals surface area contributed by atoms with Crippen molar-refractivity contribution in [1.82, 2.24) is 10.4 Å². The maximum absolute atomic E-state index is 11.9. The fourth-order valence-corrected chi connectivity index (χ4v) is 2.61. The Bertz CT molecular complexity index is 822. The summed E-state index contributed by atoms with van der Waals surface area (Å²) in [6.45, 7) is 0. The first-order valence-corrected chi connectivity index (χ1v) is 7.87. The second kappa shape index (κ2) is 6.65. The molecule has 0 aliphatic rings. The molecule has 1 amide bonds. The molecule has 0 spiro atoms. The summed E-state index contributed by atoms with van der Waals surface area (Å²) in [7, 11) is -4.01. The molecular weight excluding hydrogens is 328 g/mol. The highest BCUT2D eigenvalue weighted by atomic mass is 35.5. The number of hydrogen-bond acceptors (Lipinski definition) is 5. The summed E-state index contributed by atoms with van der Waals surface area (Å²) in [5, 5.41) is 8.69. The molecule has 0 saturated heterocycles. The van der Waals surface area contributed by atoms with Crippen LogP contribution in [-0.2, 0) is 10.0 Å². The van der Waals surface area contributed by atoms with Crippen molar-refractivity contribution in [3.8, 4) is 0 Å². The molecular formula is C13H11ClN4O3S. The quantitative estimate of drug-likeness (QED) is 0.642. The van der Waals surface area contributed by atoms with Gasteiger partial charge in [0.1, 0.15) is 4.90 Å². The van der Waals surface area contributed by atoms with E-state index in [0.717, 1.165) is 6.07 Å². The third kappa shape index (κ3) is 4.10. The summed E-state index contributed by atoms with van der Waals surface area (Å²) in [5.41, 5.74) is 2.88. The van der Waals surface area contributed by atoms with Crippen molar-refractivity contribution in [2.75, 3.05) is 0 Å². The van der Waals surface area contributed by atoms with Crippen LogP contribution >= 0.6 is 11.6 Å². The van der Waals surface area contributed by atoms with Crippen molar-refractivity contribution in [3.63, 3.8) is 0 Å². The van der Waals surface area contributed by atoms with Crippen LogP contribution in [0.25, 0.3) is 0 Å². The summed E-state index contributed by atoms with van der Waals surface area (Å²) in [4.78, 5) is 15.6. The smallest absolute Gasteiger partial charge is 0.267 e. The highest BCUT2D eigenvalue weighted by Gasteiger charge is 2.16. The molecule has 2 rings (SSSR count). The Balaban J connectivity index is 2.15. The van der Waals surface area contributed by atoms with Crippen LogP contribution in [0.3, 0.4) is 0 Å². The van der Waals surface area contributed by atoms with Crippen molar-refractivity contribution >= 4 is 33.7 Å². The number of carbonyl (C=O) groups excluding carboxylic acids is 1. The molecule has 0 radical (unpaired) electrons. The Hall–Kier alpha value is -2.29. The number of nitrogens with two attached hydrogens (primary N) is 1. The minimum atomic E-state index is -4.01. The molecule has 1 aromatic heterocycles. The van der Waals surface area contributed by atoms with E-state index in [0.29, 0.717) is 5.69 Å². The van der Waals surface area contributed by atoms with Crippen LogP contribution < -0.4 is 10.6 Å². The first kappa shape index (κ1) is 16.1. The zero-order valence-corrected chi connectivity index (χ0v) is 12.7. The van der Waals surface area contributed by atoms with E-state index in [9.17, 15) is 13.2 Å². The molecule has 22 heavy (non-hydrogen) atoms. The molecule has 0 aliphatic carbocycles. The van der Waals surface area contributed by atoms with Crippen molar-refractivity contribution in [2.45, 2.75) is 4.90 Å². The SMILES string of the molecule is NS(=O)(=O)c1cc(C(=O)N/N=C\c2ccccn2)ccc1Cl. The lowest BCUT2D eigenvalue weighted by Crippen LogP contribution is -2.19. The highest BCUT2D eigenvalue weighted by molar-refractivity contribution is 7.89. The third-order valence-corrected chi connectivity index (χ3v) is 3.94. The number of primary sulfonamides is 1. The highest BCUT2D eigenvalue weighted by Crippen LogP contribution is 2.21. The topological polar surface area (TPSA) is 115 Å². The molecule has 114 valence electrons. The number of carbonyl (C=O) groups is 1. The second-order valence-corrected chi connectivity index (χ2v) is 6.08. The average molecular weight is 339 g/mol. The van der Waals surface area contributed by atoms with Crippen LogP contribution in [0.1, 0.15) is 16.1 Å². The zero-order valence-electron chi connectivity index (χ0n) is 11.1. The summed E-state index contributed by atoms with van der Waals surface area (Å²) in [5.74, 6) is -0.603. The lowest BCUT2D eigenvalue weighted by molar-refractivity contribution is 0.0955. The van der Waals surface area contributed by atoms with E-state index in [-0.39, 0.29) is 15.5 Å². The van der Waals surface area contributed by atoms with Crippen LogP contribution in [0.2, 0.25) is 5.02 Å². The molecule has 0 atom stereocenters. The Kier molecular flexibility index (Phi) is 4.86. The van der Waals surface area contributed by atoms with Gasteiger partial charge >= 0.3 is 0 Å². The van der Waals surface area contributed by atoms with Gasteiger partial charge in [0.05, 0.1) is 16.9 Å². The summed E-state index contributed by atoms with van der Waals surface area (Å²) in [6, 6.07) is 8.95. The van der Waals surface area contributed by atoms with Crippen molar-refractivity contribution in [2.24, 2.45) is 10.2 Å². The molecule has 0 aliphatic heterocycles. The Morgan fingerprint density at radius 2 is 2.09 bits per heavy atom. The number of amides is 1. The van der Waals surface area contributed by atoms with Crippen molar-refractivity contribution in [3.05, 3.63) is 58.9 Å². The van der Waals surface area contributed by atoms with Gasteiger partial charge in [0, 0.05) is 11.8 Å². The van der Waals surface area contributed by atoms with Crippen LogP contribution in [-0.4, -0.2) is 25.5 Å². The average Bonchev–Trinajstić information content (AvgIpc) is 2.47. The predicted molar refractivity (Wildman–Crippen MR) is 82.1 cm³/mol. The first-order valence-electron chi connectivity index (χ1n) is 5.95. The van der Waals surface area contributed by atoms with Gasteiger partial charge in [0.25, 0.3) is 5.91 Å². The summed E-state index contributed by atoms with van der Waals surface area (Å²) < 4.78 is 22.7. The number of benzene rings is 1. The molecule has 2 aromatic rings. The number of rotatable bonds is 4. The lowest BCUT2D eigenvalue weighted by Gasteiger charge is -2.04. The van der Waals surface area contributed by atoms with E-state index in [2.05, 4.69) is 15.5 Å². The van der Waals surface area contributed by atoms with E-state index in [4.69, 9.17) is 16.7 Å². The monoisotopic (exact) mass is 338 g/mol. The number of hydrogen-bond donors (Lipinski definition) is 2. The number of pyridine rings is 1. The maximum atomic E-state index is 11.9. The van der Waals surface area contributed by atoms with Gasteiger partial charge < -0.3 is 0 Å². The largest absolute Gasteiger partial charge is 0.271 e. The van der Waals surface area contributed by atoms with E-state index >= 15 is 0 Å². The maximum Gasteiger partial charge on any atom is 0.271 e. The third-order valence-electron chi connectivity index (χ3n) is 2.55. The van der Waals surface area contributed by atoms with Crippen LogP contribution in [0.4, 0.5) is 0 Å². The van der Waals surface area contributed by atoms with E-state index in [1.807, 2.05) is 0 Å². The van der Waals surface area contributed by atoms with Crippen molar-refractivity contribution < 1.29 is 13.2 Å². The molecule has 9 heteroatoms. The molecule has 3 N–H and O–H groups in total. The molecule has 0 fully saturated rings. The van der Waals surface area contributed by atoms with Gasteiger partial charge in [-0.3, -0.25) is 9.78 Å². The Morgan fingerprint density at radius 1 is 1.32 bits per heavy atom. The molecule has 7 nitrogen and oxygen atoms in total. The van der Waals surface area contributed by atoms with Gasteiger partial charge in [-0.1, -0.05) is 17.7 Å². The Morgan fingerprint density at radius 3 is 2.73 bits per heavy atom. The van der Waals surface area contributed by atoms with Gasteiger partial charge in [-0.2, -0.15) is 5.10 Å². The first-order chi connectivity index (χ1) is 10.4. The minimum Gasteiger partial charge on any atom is -0.267 e. The lowest BCUT2D eigenvalue weighted by atomic mass is 10.2. The molecule has 0 unspecified atom stereocenters.